The summed E-state index contributed by atoms with van der Waals surface area (Å²) >= 11 is 0. The van der Waals surface area contributed by atoms with Gasteiger partial charge in [0, 0.05) is 14.1 Å². The third kappa shape index (κ3) is 3.09. The Morgan fingerprint density at radius 3 is 2.45 bits per heavy atom. The van der Waals surface area contributed by atoms with Crippen LogP contribution in [0, 0.1) is 0 Å². The van der Waals surface area contributed by atoms with Crippen LogP contribution in [0.15, 0.2) is 48.5 Å². The summed E-state index contributed by atoms with van der Waals surface area (Å²) in [6.45, 7) is 0.345. The van der Waals surface area contributed by atoms with Crippen LogP contribution in [0.5, 0.6) is 11.5 Å². The van der Waals surface area contributed by atoms with E-state index in [0.29, 0.717) is 12.4 Å². The van der Waals surface area contributed by atoms with Crippen LogP contribution in [0.1, 0.15) is 15.9 Å². The van der Waals surface area contributed by atoms with Crippen molar-refractivity contribution in [3.63, 3.8) is 0 Å². The van der Waals surface area contributed by atoms with Crippen LogP contribution in [0.25, 0.3) is 0 Å². The number of hydrogen-bond donors (Lipinski definition) is 1. The Kier molecular flexibility index (Phi) is 4.25. The molecule has 0 fully saturated rings. The zero-order valence-corrected chi connectivity index (χ0v) is 11.5. The molecule has 0 aliphatic rings. The predicted molar refractivity (Wildman–Crippen MR) is 76.9 cm³/mol. The first-order chi connectivity index (χ1) is 9.59. The van der Waals surface area contributed by atoms with E-state index in [4.69, 9.17) is 4.74 Å². The van der Waals surface area contributed by atoms with E-state index in [1.54, 1.807) is 26.2 Å². The molecule has 1 N–H and O–H groups in total. The molecule has 0 heterocycles. The average Bonchev–Trinajstić information content (AvgIpc) is 2.45. The number of nitrogens with zero attached hydrogens (tertiary/aromatic N) is 1. The lowest BCUT2D eigenvalue weighted by Gasteiger charge is -2.16. The van der Waals surface area contributed by atoms with E-state index in [0.717, 1.165) is 5.56 Å². The van der Waals surface area contributed by atoms with Crippen molar-refractivity contribution in [3.05, 3.63) is 59.7 Å². The number of carbonyl (C=O) groups is 1. The van der Waals surface area contributed by atoms with Gasteiger partial charge in [-0.3, -0.25) is 4.79 Å². The number of aromatic hydroxyl groups is 1. The van der Waals surface area contributed by atoms with Crippen LogP contribution in [-0.2, 0) is 6.61 Å². The summed E-state index contributed by atoms with van der Waals surface area (Å²) in [6, 6.07) is 14.5. The summed E-state index contributed by atoms with van der Waals surface area (Å²) in [6.07, 6.45) is 0. The smallest absolute Gasteiger partial charge is 0.260 e. The molecule has 0 saturated carbocycles. The van der Waals surface area contributed by atoms with E-state index < -0.39 is 0 Å². The van der Waals surface area contributed by atoms with E-state index in [1.807, 2.05) is 30.3 Å². The van der Waals surface area contributed by atoms with Gasteiger partial charge in [0.05, 0.1) is 0 Å². The maximum absolute atomic E-state index is 12.1. The Morgan fingerprint density at radius 2 is 1.80 bits per heavy atom. The predicted octanol–water partition coefficient (Wildman–Crippen LogP) is 2.67. The molecule has 0 unspecified atom stereocenters. The van der Waals surface area contributed by atoms with Gasteiger partial charge < -0.3 is 14.7 Å². The van der Waals surface area contributed by atoms with Crippen LogP contribution < -0.4 is 4.74 Å². The van der Waals surface area contributed by atoms with Crippen LogP contribution in [0.2, 0.25) is 0 Å². The maximum atomic E-state index is 12.1. The molecule has 4 nitrogen and oxygen atoms in total. The molecule has 0 aliphatic carbocycles. The van der Waals surface area contributed by atoms with Crippen molar-refractivity contribution in [2.75, 3.05) is 14.1 Å². The SMILES string of the molecule is CN(C)C(=O)c1c(O)cccc1OCc1ccccc1. The molecule has 0 radical (unpaired) electrons. The van der Waals surface area contributed by atoms with Crippen molar-refractivity contribution in [2.45, 2.75) is 6.61 Å². The molecular formula is C16H17NO3. The quantitative estimate of drug-likeness (QED) is 0.930. The van der Waals surface area contributed by atoms with Gasteiger partial charge >= 0.3 is 0 Å². The van der Waals surface area contributed by atoms with Crippen LogP contribution in [-0.4, -0.2) is 30.0 Å². The molecular weight excluding hydrogens is 254 g/mol. The fourth-order valence-corrected chi connectivity index (χ4v) is 1.81. The number of carbonyl (C=O) groups excluding carboxylic acids is 1. The Labute approximate surface area is 118 Å². The summed E-state index contributed by atoms with van der Waals surface area (Å²) in [4.78, 5) is 13.5. The normalized spacial score (nSPS) is 10.1. The van der Waals surface area contributed by atoms with Crippen molar-refractivity contribution < 1.29 is 14.6 Å². The van der Waals surface area contributed by atoms with Gasteiger partial charge in [0.15, 0.2) is 0 Å². The van der Waals surface area contributed by atoms with E-state index in [1.165, 1.54) is 11.0 Å². The molecule has 20 heavy (non-hydrogen) atoms. The van der Waals surface area contributed by atoms with Gasteiger partial charge in [-0.2, -0.15) is 0 Å². The second-order valence-electron chi connectivity index (χ2n) is 4.62. The maximum Gasteiger partial charge on any atom is 0.260 e. The lowest BCUT2D eigenvalue weighted by atomic mass is 10.1. The second-order valence-corrected chi connectivity index (χ2v) is 4.62. The molecule has 0 saturated heterocycles. The topological polar surface area (TPSA) is 49.8 Å². The van der Waals surface area contributed by atoms with Crippen molar-refractivity contribution >= 4 is 5.91 Å². The first kappa shape index (κ1) is 13.9. The molecule has 0 bridgehead atoms. The van der Waals surface area contributed by atoms with Gasteiger partial charge in [-0.25, -0.2) is 0 Å². The zero-order valence-electron chi connectivity index (χ0n) is 11.5. The van der Waals surface area contributed by atoms with Gasteiger partial charge in [0.1, 0.15) is 23.7 Å². The van der Waals surface area contributed by atoms with Crippen LogP contribution in [0.3, 0.4) is 0 Å². The highest BCUT2D eigenvalue weighted by atomic mass is 16.5. The molecule has 2 aromatic carbocycles. The minimum absolute atomic E-state index is 0.0748. The van der Waals surface area contributed by atoms with Gasteiger partial charge in [-0.1, -0.05) is 36.4 Å². The highest BCUT2D eigenvalue weighted by Gasteiger charge is 2.19. The minimum atomic E-state index is -0.286. The number of ether oxygens (including phenoxy) is 1. The molecule has 0 spiro atoms. The van der Waals surface area contributed by atoms with E-state index >= 15 is 0 Å². The van der Waals surface area contributed by atoms with E-state index in [2.05, 4.69) is 0 Å². The van der Waals surface area contributed by atoms with Crippen LogP contribution >= 0.6 is 0 Å². The van der Waals surface area contributed by atoms with Crippen molar-refractivity contribution in [1.29, 1.82) is 0 Å². The molecule has 0 aromatic heterocycles. The lowest BCUT2D eigenvalue weighted by molar-refractivity contribution is 0.0819. The van der Waals surface area contributed by atoms with Crippen molar-refractivity contribution in [2.24, 2.45) is 0 Å². The van der Waals surface area contributed by atoms with Gasteiger partial charge in [0.25, 0.3) is 5.91 Å². The number of phenols is 1. The molecule has 0 atom stereocenters. The summed E-state index contributed by atoms with van der Waals surface area (Å²) < 4.78 is 5.67. The third-order valence-corrected chi connectivity index (χ3v) is 2.86. The number of hydrogen-bond acceptors (Lipinski definition) is 3. The second kappa shape index (κ2) is 6.10. The summed E-state index contributed by atoms with van der Waals surface area (Å²) in [7, 11) is 3.27. The van der Waals surface area contributed by atoms with Gasteiger partial charge in [-0.15, -0.1) is 0 Å². The molecule has 2 aromatic rings. The number of benzene rings is 2. The summed E-state index contributed by atoms with van der Waals surface area (Å²) in [5.74, 6) is 0.0213. The Balaban J connectivity index is 2.24. The van der Waals surface area contributed by atoms with E-state index in [-0.39, 0.29) is 17.2 Å². The van der Waals surface area contributed by atoms with E-state index in [9.17, 15) is 9.90 Å². The monoisotopic (exact) mass is 271 g/mol. The first-order valence-corrected chi connectivity index (χ1v) is 6.30. The van der Waals surface area contributed by atoms with Gasteiger partial charge in [-0.05, 0) is 17.7 Å². The molecule has 4 heteroatoms. The average molecular weight is 271 g/mol. The standard InChI is InChI=1S/C16H17NO3/c1-17(2)16(19)15-13(18)9-6-10-14(15)20-11-12-7-4-3-5-8-12/h3-10,18H,11H2,1-2H3. The molecule has 104 valence electrons. The van der Waals surface area contributed by atoms with Crippen molar-refractivity contribution in [1.82, 2.24) is 4.90 Å². The molecule has 2 rings (SSSR count). The lowest BCUT2D eigenvalue weighted by Crippen LogP contribution is -2.22. The largest absolute Gasteiger partial charge is 0.507 e. The zero-order chi connectivity index (χ0) is 14.5. The highest BCUT2D eigenvalue weighted by molar-refractivity contribution is 5.99. The minimum Gasteiger partial charge on any atom is -0.507 e. The number of amides is 1. The molecule has 1 amide bonds. The van der Waals surface area contributed by atoms with Crippen LogP contribution in [0.4, 0.5) is 0 Å². The fraction of sp³-hybridized carbons (Fsp3) is 0.188. The highest BCUT2D eigenvalue weighted by Crippen LogP contribution is 2.29. The summed E-state index contributed by atoms with van der Waals surface area (Å²) in [5.41, 5.74) is 1.19. The Morgan fingerprint density at radius 1 is 1.10 bits per heavy atom. The third-order valence-electron chi connectivity index (χ3n) is 2.86. The fourth-order valence-electron chi connectivity index (χ4n) is 1.81. The van der Waals surface area contributed by atoms with Crippen molar-refractivity contribution in [3.8, 4) is 11.5 Å². The first-order valence-electron chi connectivity index (χ1n) is 6.30. The Hall–Kier alpha value is -2.49. The molecule has 0 aliphatic heterocycles. The number of phenolic OH excluding ortho intramolecular Hbond substituents is 1. The Bertz CT molecular complexity index is 594. The summed E-state index contributed by atoms with van der Waals surface area (Å²) in [5, 5.41) is 9.88. The van der Waals surface area contributed by atoms with Gasteiger partial charge in [0.2, 0.25) is 0 Å². The number of rotatable bonds is 4.